The number of hydrogen-bond acceptors (Lipinski definition) is 4. The fourth-order valence-corrected chi connectivity index (χ4v) is 2.05. The molecule has 18 heavy (non-hydrogen) atoms. The number of H-pyrrole nitrogens is 1. The molecule has 0 fully saturated rings. The first-order chi connectivity index (χ1) is 8.63. The summed E-state index contributed by atoms with van der Waals surface area (Å²) in [5.74, 6) is 0.0594. The minimum atomic E-state index is -0.340. The molecule has 0 aliphatic rings. The van der Waals surface area contributed by atoms with Gasteiger partial charge < -0.3 is 14.8 Å². The van der Waals surface area contributed by atoms with Gasteiger partial charge in [-0.1, -0.05) is 12.1 Å². The Balaban J connectivity index is 2.74. The standard InChI is InChI=1S/C12H12N2O3S/c15-6-5-14-9(7-11(17)13-12(14)18)8-3-1-2-4-10(8)16/h1-4,7,15-16H,5-6H2,(H,13,17,18). The maximum Gasteiger partial charge on any atom is 0.252 e. The molecule has 1 aromatic carbocycles. The molecule has 0 amide bonds. The average Bonchev–Trinajstić information content (AvgIpc) is 2.33. The normalized spacial score (nSPS) is 10.5. The molecule has 0 aliphatic heterocycles. The molecule has 0 unspecified atom stereocenters. The number of para-hydroxylation sites is 1. The molecular formula is C12H12N2O3S. The van der Waals surface area contributed by atoms with E-state index in [2.05, 4.69) is 4.98 Å². The highest BCUT2D eigenvalue weighted by Gasteiger charge is 2.09. The predicted octanol–water partition coefficient (Wildman–Crippen LogP) is 1.27. The molecule has 1 heterocycles. The number of hydrogen-bond donors (Lipinski definition) is 3. The smallest absolute Gasteiger partial charge is 0.252 e. The number of aliphatic hydroxyl groups is 1. The summed E-state index contributed by atoms with van der Waals surface area (Å²) in [6.07, 6.45) is 0. The average molecular weight is 264 g/mol. The zero-order valence-corrected chi connectivity index (χ0v) is 10.3. The number of phenolic OH excluding ortho intramolecular Hbond substituents is 1. The zero-order chi connectivity index (χ0) is 13.1. The summed E-state index contributed by atoms with van der Waals surface area (Å²) in [6.45, 7) is 0.139. The number of aromatic nitrogens is 2. The molecule has 0 aliphatic carbocycles. The Labute approximate surface area is 108 Å². The van der Waals surface area contributed by atoms with E-state index < -0.39 is 0 Å². The summed E-state index contributed by atoms with van der Waals surface area (Å²) in [7, 11) is 0. The van der Waals surface area contributed by atoms with E-state index in [9.17, 15) is 9.90 Å². The largest absolute Gasteiger partial charge is 0.507 e. The summed E-state index contributed by atoms with van der Waals surface area (Å²) in [5.41, 5.74) is 0.645. The molecule has 0 bridgehead atoms. The molecule has 1 aromatic heterocycles. The van der Waals surface area contributed by atoms with Crippen LogP contribution in [0.4, 0.5) is 0 Å². The molecule has 0 radical (unpaired) electrons. The van der Waals surface area contributed by atoms with Crippen LogP contribution in [0, 0.1) is 4.77 Å². The third-order valence-electron chi connectivity index (χ3n) is 2.54. The molecule has 0 atom stereocenters. The van der Waals surface area contributed by atoms with Crippen LogP contribution in [-0.4, -0.2) is 26.4 Å². The second-order valence-corrected chi connectivity index (χ2v) is 4.10. The first-order valence-corrected chi connectivity index (χ1v) is 5.77. The second-order valence-electron chi connectivity index (χ2n) is 3.72. The van der Waals surface area contributed by atoms with Gasteiger partial charge in [-0.25, -0.2) is 0 Å². The van der Waals surface area contributed by atoms with E-state index in [0.717, 1.165) is 0 Å². The van der Waals surface area contributed by atoms with Gasteiger partial charge in [-0.15, -0.1) is 0 Å². The third kappa shape index (κ3) is 2.34. The topological polar surface area (TPSA) is 78.2 Å². The highest BCUT2D eigenvalue weighted by molar-refractivity contribution is 7.71. The maximum absolute atomic E-state index is 11.5. The Morgan fingerprint density at radius 2 is 2.06 bits per heavy atom. The van der Waals surface area contributed by atoms with Crippen molar-refractivity contribution in [1.29, 1.82) is 0 Å². The minimum absolute atomic E-state index is 0.0594. The second kappa shape index (κ2) is 5.16. The van der Waals surface area contributed by atoms with E-state index in [4.69, 9.17) is 17.3 Å². The van der Waals surface area contributed by atoms with Gasteiger partial charge in [0.05, 0.1) is 12.3 Å². The molecule has 0 saturated heterocycles. The number of aromatic hydroxyl groups is 1. The monoisotopic (exact) mass is 264 g/mol. The zero-order valence-electron chi connectivity index (χ0n) is 9.46. The number of nitrogens with one attached hydrogen (secondary N) is 1. The van der Waals surface area contributed by atoms with E-state index in [1.54, 1.807) is 22.8 Å². The van der Waals surface area contributed by atoms with E-state index >= 15 is 0 Å². The van der Waals surface area contributed by atoms with Gasteiger partial charge in [0.25, 0.3) is 5.56 Å². The van der Waals surface area contributed by atoms with Crippen LogP contribution in [0.15, 0.2) is 35.1 Å². The van der Waals surface area contributed by atoms with Crippen LogP contribution in [0.5, 0.6) is 5.75 Å². The Kier molecular flexibility index (Phi) is 3.59. The number of nitrogens with zero attached hydrogens (tertiary/aromatic N) is 1. The van der Waals surface area contributed by atoms with Crippen molar-refractivity contribution in [2.24, 2.45) is 0 Å². The van der Waals surface area contributed by atoms with Crippen molar-refractivity contribution in [2.45, 2.75) is 6.54 Å². The molecule has 6 heteroatoms. The van der Waals surface area contributed by atoms with E-state index in [1.165, 1.54) is 12.1 Å². The minimum Gasteiger partial charge on any atom is -0.507 e. The number of phenols is 1. The van der Waals surface area contributed by atoms with Crippen LogP contribution in [0.25, 0.3) is 11.3 Å². The van der Waals surface area contributed by atoms with Gasteiger partial charge in [0, 0.05) is 18.2 Å². The Morgan fingerprint density at radius 1 is 1.33 bits per heavy atom. The number of benzene rings is 1. The van der Waals surface area contributed by atoms with Crippen molar-refractivity contribution in [3.05, 3.63) is 45.5 Å². The number of aromatic amines is 1. The molecule has 2 aromatic rings. The SMILES string of the molecule is O=c1cc(-c2ccccc2O)n(CCO)c(=S)[nH]1. The van der Waals surface area contributed by atoms with Gasteiger partial charge in [-0.2, -0.15) is 0 Å². The lowest BCUT2D eigenvalue weighted by Crippen LogP contribution is -2.16. The van der Waals surface area contributed by atoms with Crippen molar-refractivity contribution in [3.63, 3.8) is 0 Å². The first-order valence-electron chi connectivity index (χ1n) is 5.37. The molecule has 3 N–H and O–H groups in total. The predicted molar refractivity (Wildman–Crippen MR) is 70.1 cm³/mol. The lowest BCUT2D eigenvalue weighted by Gasteiger charge is -2.13. The van der Waals surface area contributed by atoms with Crippen molar-refractivity contribution < 1.29 is 10.2 Å². The summed E-state index contributed by atoms with van der Waals surface area (Å²) < 4.78 is 1.79. The van der Waals surface area contributed by atoms with Gasteiger partial charge in [0.15, 0.2) is 4.77 Å². The molecule has 0 saturated carbocycles. The van der Waals surface area contributed by atoms with Crippen molar-refractivity contribution in [1.82, 2.24) is 9.55 Å². The van der Waals surface area contributed by atoms with Crippen LogP contribution in [-0.2, 0) is 6.54 Å². The number of aliphatic hydroxyl groups excluding tert-OH is 1. The van der Waals surface area contributed by atoms with Crippen LogP contribution < -0.4 is 5.56 Å². The number of rotatable bonds is 3. The quantitative estimate of drug-likeness (QED) is 0.730. The first kappa shape index (κ1) is 12.5. The van der Waals surface area contributed by atoms with Gasteiger partial charge in [-0.05, 0) is 24.4 Å². The summed E-state index contributed by atoms with van der Waals surface area (Å²) in [5, 5.41) is 18.8. The summed E-state index contributed by atoms with van der Waals surface area (Å²) in [4.78, 5) is 14.0. The van der Waals surface area contributed by atoms with Gasteiger partial charge in [0.2, 0.25) is 0 Å². The Bertz CT molecular complexity index is 676. The van der Waals surface area contributed by atoms with Crippen molar-refractivity contribution >= 4 is 12.2 Å². The molecule has 0 spiro atoms. The van der Waals surface area contributed by atoms with E-state index in [1.807, 2.05) is 0 Å². The fourth-order valence-electron chi connectivity index (χ4n) is 1.76. The fraction of sp³-hybridized carbons (Fsp3) is 0.167. The van der Waals surface area contributed by atoms with Crippen molar-refractivity contribution in [3.8, 4) is 17.0 Å². The maximum atomic E-state index is 11.5. The lowest BCUT2D eigenvalue weighted by molar-refractivity contribution is 0.275. The Hall–Kier alpha value is -1.92. The highest BCUT2D eigenvalue weighted by Crippen LogP contribution is 2.27. The van der Waals surface area contributed by atoms with Crippen LogP contribution >= 0.6 is 12.2 Å². The molecule has 2 rings (SSSR count). The third-order valence-corrected chi connectivity index (χ3v) is 2.86. The molecule has 94 valence electrons. The van der Waals surface area contributed by atoms with Gasteiger partial charge >= 0.3 is 0 Å². The van der Waals surface area contributed by atoms with Gasteiger partial charge in [-0.3, -0.25) is 9.78 Å². The van der Waals surface area contributed by atoms with Crippen molar-refractivity contribution in [2.75, 3.05) is 6.61 Å². The summed E-state index contributed by atoms with van der Waals surface area (Å²) >= 11 is 5.05. The molecule has 5 nitrogen and oxygen atoms in total. The van der Waals surface area contributed by atoms with E-state index in [0.29, 0.717) is 11.3 Å². The van der Waals surface area contributed by atoms with Crippen LogP contribution in [0.2, 0.25) is 0 Å². The van der Waals surface area contributed by atoms with Gasteiger partial charge in [0.1, 0.15) is 5.75 Å². The van der Waals surface area contributed by atoms with E-state index in [-0.39, 0.29) is 29.2 Å². The summed E-state index contributed by atoms with van der Waals surface area (Å²) in [6, 6.07) is 8.01. The Morgan fingerprint density at radius 3 is 2.72 bits per heavy atom. The highest BCUT2D eigenvalue weighted by atomic mass is 32.1. The van der Waals surface area contributed by atoms with Crippen LogP contribution in [0.3, 0.4) is 0 Å². The molecular weight excluding hydrogens is 252 g/mol. The lowest BCUT2D eigenvalue weighted by atomic mass is 10.1. The van der Waals surface area contributed by atoms with Crippen LogP contribution in [0.1, 0.15) is 0 Å².